The number of ether oxygens (including phenoxy) is 2. The maximum atomic E-state index is 10.4. The van der Waals surface area contributed by atoms with E-state index in [1.54, 1.807) is 0 Å². The second kappa shape index (κ2) is 3.90. The topological polar surface area (TPSA) is 76.0 Å². The molecular formula is C5H12BO5P. The van der Waals surface area contributed by atoms with Crippen molar-refractivity contribution in [3.8, 4) is 0 Å². The zero-order valence-corrected chi connectivity index (χ0v) is 7.74. The molecule has 70 valence electrons. The summed E-state index contributed by atoms with van der Waals surface area (Å²) in [5.74, 6) is 0. The zero-order valence-electron chi connectivity index (χ0n) is 6.84. The summed E-state index contributed by atoms with van der Waals surface area (Å²) in [6, 6.07) is 0.131. The van der Waals surface area contributed by atoms with Crippen LogP contribution in [0.3, 0.4) is 0 Å². The lowest BCUT2D eigenvalue weighted by molar-refractivity contribution is 0.0593. The van der Waals surface area contributed by atoms with Crippen LogP contribution in [0, 0.1) is 0 Å². The van der Waals surface area contributed by atoms with E-state index in [9.17, 15) is 4.57 Å². The molecule has 1 aliphatic heterocycles. The van der Waals surface area contributed by atoms with E-state index in [4.69, 9.17) is 19.3 Å². The van der Waals surface area contributed by atoms with Gasteiger partial charge in [0.2, 0.25) is 0 Å². The van der Waals surface area contributed by atoms with Crippen molar-refractivity contribution in [2.45, 2.75) is 18.5 Å². The highest BCUT2D eigenvalue weighted by molar-refractivity contribution is 7.51. The van der Waals surface area contributed by atoms with Gasteiger partial charge in [-0.1, -0.05) is 0 Å². The number of hydrogen-bond acceptors (Lipinski definition) is 3. The van der Waals surface area contributed by atoms with Crippen LogP contribution < -0.4 is 0 Å². The molecule has 5 nitrogen and oxygen atoms in total. The van der Waals surface area contributed by atoms with Crippen molar-refractivity contribution < 1.29 is 23.8 Å². The largest absolute Gasteiger partial charge is 0.384 e. The first kappa shape index (κ1) is 10.2. The van der Waals surface area contributed by atoms with Gasteiger partial charge in [-0.3, -0.25) is 4.57 Å². The molecule has 0 radical (unpaired) electrons. The second-order valence-corrected chi connectivity index (χ2v) is 4.55. The van der Waals surface area contributed by atoms with Crippen LogP contribution in [0.4, 0.5) is 0 Å². The van der Waals surface area contributed by atoms with Gasteiger partial charge in [-0.25, -0.2) is 0 Å². The van der Waals surface area contributed by atoms with Gasteiger partial charge in [0, 0.05) is 6.00 Å². The van der Waals surface area contributed by atoms with E-state index < -0.39 is 13.9 Å². The Labute approximate surface area is 71.6 Å². The van der Waals surface area contributed by atoms with E-state index in [0.717, 1.165) is 0 Å². The fraction of sp³-hybridized carbons (Fsp3) is 1.00. The van der Waals surface area contributed by atoms with Gasteiger partial charge < -0.3 is 19.3 Å². The average molecular weight is 194 g/mol. The molecule has 0 unspecified atom stereocenters. The van der Waals surface area contributed by atoms with Gasteiger partial charge in [-0.15, -0.1) is 0 Å². The van der Waals surface area contributed by atoms with Gasteiger partial charge in [-0.2, -0.15) is 0 Å². The van der Waals surface area contributed by atoms with Crippen molar-refractivity contribution in [1.29, 1.82) is 0 Å². The van der Waals surface area contributed by atoms with E-state index >= 15 is 0 Å². The Morgan fingerprint density at radius 2 is 2.33 bits per heavy atom. The Hall–Kier alpha value is 0.135. The van der Waals surface area contributed by atoms with Crippen molar-refractivity contribution in [1.82, 2.24) is 0 Å². The average Bonchev–Trinajstić information content (AvgIpc) is 2.30. The Bertz CT molecular complexity index is 192. The minimum atomic E-state index is -4.02. The molecule has 0 amide bonds. The Morgan fingerprint density at radius 3 is 2.75 bits per heavy atom. The molecule has 0 aromatic carbocycles. The first-order chi connectivity index (χ1) is 5.47. The first-order valence-corrected chi connectivity index (χ1v) is 5.55. The zero-order chi connectivity index (χ0) is 9.19. The van der Waals surface area contributed by atoms with Crippen LogP contribution in [0.2, 0.25) is 0 Å². The molecule has 0 aromatic heterocycles. The second-order valence-electron chi connectivity index (χ2n) is 2.96. The smallest absolute Gasteiger partial charge is 0.350 e. The molecule has 1 heterocycles. The summed E-state index contributed by atoms with van der Waals surface area (Å²) in [6.45, 7) is 0.432. The van der Waals surface area contributed by atoms with Crippen LogP contribution in [0.1, 0.15) is 6.42 Å². The minimum Gasteiger partial charge on any atom is -0.384 e. The third kappa shape index (κ3) is 3.69. The molecule has 0 aliphatic carbocycles. The molecule has 2 atom stereocenters. The maximum Gasteiger partial charge on any atom is 0.350 e. The monoisotopic (exact) mass is 194 g/mol. The third-order valence-corrected chi connectivity index (χ3v) is 2.13. The molecule has 2 N–H and O–H groups in total. The lowest BCUT2D eigenvalue weighted by Gasteiger charge is -2.10. The molecule has 0 aromatic rings. The van der Waals surface area contributed by atoms with Gasteiger partial charge in [0.25, 0.3) is 0 Å². The molecule has 7 heteroatoms. The lowest BCUT2D eigenvalue weighted by atomic mass is 9.97. The SMILES string of the molecule is B[C@@H]1C[C@H](OCP(=O)(O)O)CO1. The van der Waals surface area contributed by atoms with Crippen molar-refractivity contribution in [3.63, 3.8) is 0 Å². The molecular weight excluding hydrogens is 182 g/mol. The lowest BCUT2D eigenvalue weighted by Crippen LogP contribution is -2.13. The van der Waals surface area contributed by atoms with Gasteiger partial charge >= 0.3 is 7.60 Å². The van der Waals surface area contributed by atoms with E-state index in [2.05, 4.69) is 0 Å². The molecule has 1 aliphatic rings. The van der Waals surface area contributed by atoms with E-state index in [0.29, 0.717) is 13.0 Å². The third-order valence-electron chi connectivity index (χ3n) is 1.64. The highest BCUT2D eigenvalue weighted by atomic mass is 31.2. The van der Waals surface area contributed by atoms with E-state index in [-0.39, 0.29) is 12.1 Å². The van der Waals surface area contributed by atoms with Crippen LogP contribution in [0.25, 0.3) is 0 Å². The van der Waals surface area contributed by atoms with Crippen molar-refractivity contribution >= 4 is 15.4 Å². The summed E-state index contributed by atoms with van der Waals surface area (Å²) in [4.78, 5) is 17.0. The van der Waals surface area contributed by atoms with Crippen molar-refractivity contribution in [2.75, 3.05) is 13.0 Å². The van der Waals surface area contributed by atoms with Crippen molar-refractivity contribution in [3.05, 3.63) is 0 Å². The molecule has 0 saturated carbocycles. The summed E-state index contributed by atoms with van der Waals surface area (Å²) in [5.41, 5.74) is 0. The predicted molar refractivity (Wildman–Crippen MR) is 44.7 cm³/mol. The summed E-state index contributed by atoms with van der Waals surface area (Å²) in [5, 5.41) is 0. The van der Waals surface area contributed by atoms with Crippen LogP contribution in [0.5, 0.6) is 0 Å². The molecule has 1 saturated heterocycles. The quantitative estimate of drug-likeness (QED) is 0.439. The predicted octanol–water partition coefficient (Wildman–Crippen LogP) is -1.11. The molecule has 1 fully saturated rings. The fourth-order valence-corrected chi connectivity index (χ4v) is 1.50. The highest BCUT2D eigenvalue weighted by Gasteiger charge is 2.25. The van der Waals surface area contributed by atoms with Crippen LogP contribution in [-0.2, 0) is 14.0 Å². The van der Waals surface area contributed by atoms with Crippen LogP contribution in [0.15, 0.2) is 0 Å². The Morgan fingerprint density at radius 1 is 1.67 bits per heavy atom. The number of rotatable bonds is 3. The molecule has 0 bridgehead atoms. The van der Waals surface area contributed by atoms with Gasteiger partial charge in [0.1, 0.15) is 14.2 Å². The van der Waals surface area contributed by atoms with Crippen molar-refractivity contribution in [2.24, 2.45) is 0 Å². The fourth-order valence-electron chi connectivity index (χ4n) is 1.10. The number of hydrogen-bond donors (Lipinski definition) is 2. The van der Waals surface area contributed by atoms with Crippen LogP contribution in [-0.4, -0.2) is 42.7 Å². The first-order valence-electron chi connectivity index (χ1n) is 3.75. The van der Waals surface area contributed by atoms with Gasteiger partial charge in [0.05, 0.1) is 12.7 Å². The Kier molecular flexibility index (Phi) is 3.32. The van der Waals surface area contributed by atoms with Gasteiger partial charge in [0.15, 0.2) is 0 Å². The standard InChI is InChI=1S/C5H12BO5P/c6-5-1-4(2-10-5)11-3-12(7,8)9/h4-5H,1-3,6H2,(H2,7,8,9)/t4-,5-/m0/s1. The molecule has 12 heavy (non-hydrogen) atoms. The molecule has 0 spiro atoms. The Balaban J connectivity index is 2.21. The molecule has 1 rings (SSSR count). The summed E-state index contributed by atoms with van der Waals surface area (Å²) in [7, 11) is -2.11. The summed E-state index contributed by atoms with van der Waals surface area (Å²) >= 11 is 0. The summed E-state index contributed by atoms with van der Waals surface area (Å²) in [6.07, 6.45) is 0.0425. The maximum absolute atomic E-state index is 10.4. The van der Waals surface area contributed by atoms with E-state index in [1.807, 2.05) is 7.85 Å². The normalized spacial score (nSPS) is 30.8. The van der Waals surface area contributed by atoms with Crippen LogP contribution >= 0.6 is 7.60 Å². The van der Waals surface area contributed by atoms with E-state index in [1.165, 1.54) is 0 Å². The highest BCUT2D eigenvalue weighted by Crippen LogP contribution is 2.35. The van der Waals surface area contributed by atoms with Gasteiger partial charge in [-0.05, 0) is 6.42 Å². The minimum absolute atomic E-state index is 0.131. The summed E-state index contributed by atoms with van der Waals surface area (Å²) < 4.78 is 20.5.